The Labute approximate surface area is 48.3 Å². The van der Waals surface area contributed by atoms with Crippen LogP contribution in [0.1, 0.15) is 6.92 Å². The maximum atomic E-state index is 9.93. The van der Waals surface area contributed by atoms with Gasteiger partial charge >= 0.3 is 5.97 Å². The zero-order valence-electron chi connectivity index (χ0n) is 4.14. The van der Waals surface area contributed by atoms with Gasteiger partial charge in [-0.25, -0.2) is 0 Å². The Morgan fingerprint density at radius 3 is 2.57 bits per heavy atom. The Morgan fingerprint density at radius 1 is 1.86 bits per heavy atom. The van der Waals surface area contributed by atoms with E-state index in [9.17, 15) is 4.79 Å². The van der Waals surface area contributed by atoms with Gasteiger partial charge in [-0.05, 0) is 0 Å². The third-order valence-electron chi connectivity index (χ3n) is 0.389. The molecule has 0 saturated heterocycles. The standard InChI is InChI=1S/C4H7O2S/c1-4(5)6-2-3-7/h2-3H2,1H3. The van der Waals surface area contributed by atoms with E-state index in [0.717, 1.165) is 0 Å². The van der Waals surface area contributed by atoms with Crippen molar-refractivity contribution in [3.63, 3.8) is 0 Å². The minimum absolute atomic E-state index is 0.259. The molecule has 0 aromatic heterocycles. The van der Waals surface area contributed by atoms with Crippen molar-refractivity contribution in [3.8, 4) is 0 Å². The van der Waals surface area contributed by atoms with Crippen LogP contribution in [0.2, 0.25) is 0 Å². The summed E-state index contributed by atoms with van der Waals surface area (Å²) in [5.41, 5.74) is 0. The lowest BCUT2D eigenvalue weighted by molar-refractivity contribution is -0.140. The molecule has 7 heavy (non-hydrogen) atoms. The van der Waals surface area contributed by atoms with Crippen LogP contribution >= 0.6 is 12.6 Å². The van der Waals surface area contributed by atoms with Gasteiger partial charge in [0.05, 0.1) is 0 Å². The first kappa shape index (κ1) is 6.82. The fraction of sp³-hybridized carbons (Fsp3) is 0.750. The van der Waals surface area contributed by atoms with Gasteiger partial charge in [0.15, 0.2) is 0 Å². The van der Waals surface area contributed by atoms with Crippen LogP contribution in [0.4, 0.5) is 0 Å². The van der Waals surface area contributed by atoms with Gasteiger partial charge in [0.2, 0.25) is 0 Å². The quantitative estimate of drug-likeness (QED) is 0.501. The predicted octanol–water partition coefficient (Wildman–Crippen LogP) is 0.747. The van der Waals surface area contributed by atoms with Crippen molar-refractivity contribution in [1.82, 2.24) is 0 Å². The second-order valence-corrected chi connectivity index (χ2v) is 1.45. The molecule has 0 bridgehead atoms. The Kier molecular flexibility index (Phi) is 3.89. The molecule has 41 valence electrons. The van der Waals surface area contributed by atoms with E-state index in [1.54, 1.807) is 0 Å². The minimum Gasteiger partial charge on any atom is -0.465 e. The van der Waals surface area contributed by atoms with Crippen LogP contribution in [0.15, 0.2) is 0 Å². The molecule has 0 amide bonds. The highest BCUT2D eigenvalue weighted by Crippen LogP contribution is 1.77. The molecular formula is C4H7O2S. The molecule has 0 aromatic rings. The molecule has 0 fully saturated rings. The second-order valence-electron chi connectivity index (χ2n) is 1.04. The molecule has 0 saturated carbocycles. The summed E-state index contributed by atoms with van der Waals surface area (Å²) in [5, 5.41) is 0. The van der Waals surface area contributed by atoms with Gasteiger partial charge in [-0.3, -0.25) is 4.79 Å². The van der Waals surface area contributed by atoms with Gasteiger partial charge in [0, 0.05) is 12.7 Å². The molecule has 0 heterocycles. The Balaban J connectivity index is 2.82. The fourth-order valence-electron chi connectivity index (χ4n) is 0.185. The summed E-state index contributed by atoms with van der Waals surface area (Å²) in [5.74, 6) is 0.226. The Hall–Kier alpha value is -0.180. The second kappa shape index (κ2) is 3.99. The van der Waals surface area contributed by atoms with E-state index in [4.69, 9.17) is 0 Å². The lowest BCUT2D eigenvalue weighted by Crippen LogP contribution is -2.00. The van der Waals surface area contributed by atoms with Crippen LogP contribution in [0.5, 0.6) is 0 Å². The van der Waals surface area contributed by atoms with Crippen LogP contribution in [0, 0.1) is 0 Å². The average molecular weight is 119 g/mol. The zero-order chi connectivity index (χ0) is 5.70. The summed E-state index contributed by atoms with van der Waals surface area (Å²) in [6, 6.07) is 0. The third kappa shape index (κ3) is 5.82. The van der Waals surface area contributed by atoms with Crippen molar-refractivity contribution in [2.24, 2.45) is 0 Å². The van der Waals surface area contributed by atoms with Crippen LogP contribution in [-0.2, 0) is 9.53 Å². The Morgan fingerprint density at radius 2 is 2.43 bits per heavy atom. The highest BCUT2D eigenvalue weighted by Gasteiger charge is 1.86. The van der Waals surface area contributed by atoms with Crippen molar-refractivity contribution in [3.05, 3.63) is 0 Å². The molecular weight excluding hydrogens is 112 g/mol. The van der Waals surface area contributed by atoms with Gasteiger partial charge < -0.3 is 4.74 Å². The summed E-state index contributed by atoms with van der Waals surface area (Å²) in [6.07, 6.45) is 0. The van der Waals surface area contributed by atoms with Crippen LogP contribution < -0.4 is 0 Å². The number of carbonyl (C=O) groups excluding carboxylic acids is 1. The molecule has 2 nitrogen and oxygen atoms in total. The molecule has 0 aliphatic carbocycles. The number of ether oxygens (including phenoxy) is 1. The number of rotatable bonds is 2. The van der Waals surface area contributed by atoms with Crippen molar-refractivity contribution < 1.29 is 9.53 Å². The van der Waals surface area contributed by atoms with Crippen molar-refractivity contribution >= 4 is 18.6 Å². The van der Waals surface area contributed by atoms with Crippen molar-refractivity contribution in [1.29, 1.82) is 0 Å². The lowest BCUT2D eigenvalue weighted by atomic mass is 10.8. The first-order valence-corrected chi connectivity index (χ1v) is 2.56. The van der Waals surface area contributed by atoms with Gasteiger partial charge in [-0.1, -0.05) is 12.6 Å². The first-order chi connectivity index (χ1) is 3.27. The van der Waals surface area contributed by atoms with Gasteiger partial charge in [-0.2, -0.15) is 0 Å². The monoisotopic (exact) mass is 119 g/mol. The average Bonchev–Trinajstić information content (AvgIpc) is 1.61. The largest absolute Gasteiger partial charge is 0.465 e. The van der Waals surface area contributed by atoms with E-state index in [-0.39, 0.29) is 5.97 Å². The highest BCUT2D eigenvalue weighted by atomic mass is 32.1. The summed E-state index contributed by atoms with van der Waals surface area (Å²) in [6.45, 7) is 1.73. The first-order valence-electron chi connectivity index (χ1n) is 1.99. The summed E-state index contributed by atoms with van der Waals surface area (Å²) >= 11 is 4.49. The van der Waals surface area contributed by atoms with Gasteiger partial charge in [0.25, 0.3) is 0 Å². The third-order valence-corrected chi connectivity index (χ3v) is 0.555. The molecule has 0 unspecified atom stereocenters. The van der Waals surface area contributed by atoms with Crippen LogP contribution in [0.3, 0.4) is 0 Å². The van der Waals surface area contributed by atoms with Crippen molar-refractivity contribution in [2.45, 2.75) is 6.92 Å². The predicted molar refractivity (Wildman–Crippen MR) is 29.1 cm³/mol. The maximum Gasteiger partial charge on any atom is 0.302 e. The van der Waals surface area contributed by atoms with E-state index in [0.29, 0.717) is 12.4 Å². The molecule has 0 aliphatic rings. The van der Waals surface area contributed by atoms with Crippen LogP contribution in [0.25, 0.3) is 0 Å². The summed E-state index contributed by atoms with van der Waals surface area (Å²) in [4.78, 5) is 9.93. The topological polar surface area (TPSA) is 26.3 Å². The minimum atomic E-state index is -0.259. The highest BCUT2D eigenvalue weighted by molar-refractivity contribution is 7.80. The molecule has 0 N–H and O–H groups in total. The maximum absolute atomic E-state index is 9.93. The molecule has 0 aliphatic heterocycles. The molecule has 0 atom stereocenters. The molecule has 0 rings (SSSR count). The lowest BCUT2D eigenvalue weighted by Gasteiger charge is -1.92. The number of carbonyl (C=O) groups is 1. The molecule has 0 spiro atoms. The SMILES string of the molecule is CC(=O)OCC[S]. The number of esters is 1. The summed E-state index contributed by atoms with van der Waals surface area (Å²) in [7, 11) is 0. The van der Waals surface area contributed by atoms with E-state index >= 15 is 0 Å². The van der Waals surface area contributed by atoms with E-state index in [2.05, 4.69) is 17.4 Å². The van der Waals surface area contributed by atoms with Crippen LogP contribution in [-0.4, -0.2) is 18.3 Å². The molecule has 0 aromatic carbocycles. The van der Waals surface area contributed by atoms with Gasteiger partial charge in [0.1, 0.15) is 6.61 Å². The summed E-state index contributed by atoms with van der Waals surface area (Å²) < 4.78 is 4.45. The molecule has 1 radical (unpaired) electrons. The van der Waals surface area contributed by atoms with Crippen molar-refractivity contribution in [2.75, 3.05) is 12.4 Å². The fourth-order valence-corrected chi connectivity index (χ4v) is 0.269. The Bertz CT molecular complexity index is 62.7. The smallest absolute Gasteiger partial charge is 0.302 e. The van der Waals surface area contributed by atoms with E-state index in [1.165, 1.54) is 6.92 Å². The van der Waals surface area contributed by atoms with E-state index < -0.39 is 0 Å². The number of hydrogen-bond acceptors (Lipinski definition) is 2. The van der Waals surface area contributed by atoms with E-state index in [1.807, 2.05) is 0 Å². The normalized spacial score (nSPS) is 8.29. The van der Waals surface area contributed by atoms with Gasteiger partial charge in [-0.15, -0.1) is 0 Å². The molecule has 3 heteroatoms. The zero-order valence-corrected chi connectivity index (χ0v) is 4.96. The number of hydrogen-bond donors (Lipinski definition) is 0.